The molecule has 3 amide bonds. The highest BCUT2D eigenvalue weighted by Crippen LogP contribution is 2.11. The average Bonchev–Trinajstić information content (AvgIpc) is 2.98. The predicted molar refractivity (Wildman–Crippen MR) is 91.3 cm³/mol. The van der Waals surface area contributed by atoms with E-state index in [9.17, 15) is 9.59 Å². The van der Waals surface area contributed by atoms with Gasteiger partial charge in [-0.3, -0.25) is 10.1 Å². The summed E-state index contributed by atoms with van der Waals surface area (Å²) in [7, 11) is 0. The van der Waals surface area contributed by atoms with Crippen LogP contribution in [0.1, 0.15) is 5.56 Å². The third kappa shape index (κ3) is 3.42. The highest BCUT2D eigenvalue weighted by Gasteiger charge is 2.10. The Hall–Kier alpha value is -3.59. The third-order valence-corrected chi connectivity index (χ3v) is 3.38. The molecule has 3 rings (SSSR count). The fraction of sp³-hybridized carbons (Fsp3) is 0.0556. The average molecular weight is 318 g/mol. The lowest BCUT2D eigenvalue weighted by atomic mass is 10.2. The van der Waals surface area contributed by atoms with Gasteiger partial charge in [-0.05, 0) is 30.3 Å². The Morgan fingerprint density at radius 2 is 2.00 bits per heavy atom. The first-order chi connectivity index (χ1) is 11.7. The van der Waals surface area contributed by atoms with E-state index < -0.39 is 11.9 Å². The van der Waals surface area contributed by atoms with E-state index in [1.165, 1.54) is 0 Å². The molecule has 24 heavy (non-hydrogen) atoms. The van der Waals surface area contributed by atoms with Crippen molar-refractivity contribution >= 4 is 28.7 Å². The van der Waals surface area contributed by atoms with E-state index in [0.717, 1.165) is 11.0 Å². The van der Waals surface area contributed by atoms with E-state index in [1.54, 1.807) is 35.2 Å². The van der Waals surface area contributed by atoms with E-state index in [-0.39, 0.29) is 6.54 Å². The number of anilines is 1. The number of carbonyl (C=O) groups excluding carboxylic acids is 2. The van der Waals surface area contributed by atoms with Gasteiger partial charge in [-0.2, -0.15) is 0 Å². The Balaban J connectivity index is 1.62. The van der Waals surface area contributed by atoms with Crippen LogP contribution in [0.5, 0.6) is 0 Å². The van der Waals surface area contributed by atoms with Crippen LogP contribution in [0.3, 0.4) is 0 Å². The van der Waals surface area contributed by atoms with Crippen molar-refractivity contribution < 1.29 is 9.59 Å². The van der Waals surface area contributed by atoms with Crippen LogP contribution in [0.2, 0.25) is 0 Å². The molecule has 2 N–H and O–H groups in total. The van der Waals surface area contributed by atoms with Crippen molar-refractivity contribution in [3.63, 3.8) is 0 Å². The minimum absolute atomic E-state index is 0.00166. The van der Waals surface area contributed by atoms with Gasteiger partial charge in [0.05, 0.1) is 17.4 Å². The Bertz CT molecular complexity index is 953. The first kappa shape index (κ1) is 15.3. The van der Waals surface area contributed by atoms with Crippen LogP contribution in [0.4, 0.5) is 10.5 Å². The molecule has 0 saturated carbocycles. The number of aromatic nitrogens is 2. The largest absolute Gasteiger partial charge is 0.325 e. The molecule has 1 heterocycles. The summed E-state index contributed by atoms with van der Waals surface area (Å²) in [5.41, 5.74) is 2.78. The quantitative estimate of drug-likeness (QED) is 0.728. The van der Waals surface area contributed by atoms with Crippen molar-refractivity contribution in [1.82, 2.24) is 14.9 Å². The van der Waals surface area contributed by atoms with Crippen molar-refractivity contribution in [3.8, 4) is 12.3 Å². The molecule has 2 aromatic carbocycles. The molecular formula is C18H14N4O2. The fourth-order valence-electron chi connectivity index (χ4n) is 2.31. The molecule has 0 bridgehead atoms. The zero-order valence-electron chi connectivity index (χ0n) is 12.7. The molecule has 0 aliphatic carbocycles. The molecule has 1 aromatic heterocycles. The summed E-state index contributed by atoms with van der Waals surface area (Å²) in [6, 6.07) is 13.7. The molecule has 0 aliphatic rings. The van der Waals surface area contributed by atoms with Crippen molar-refractivity contribution in [3.05, 3.63) is 60.4 Å². The van der Waals surface area contributed by atoms with Gasteiger partial charge in [0.2, 0.25) is 5.91 Å². The number of nitrogens with zero attached hydrogens (tertiary/aromatic N) is 2. The highest BCUT2D eigenvalue weighted by atomic mass is 16.2. The molecule has 0 atom stereocenters. The first-order valence-electron chi connectivity index (χ1n) is 7.23. The molecular weight excluding hydrogens is 304 g/mol. The smallest absolute Gasteiger partial charge is 0.321 e. The summed E-state index contributed by atoms with van der Waals surface area (Å²) in [4.78, 5) is 28.1. The van der Waals surface area contributed by atoms with E-state index in [1.807, 2.05) is 24.3 Å². The molecule has 0 radical (unpaired) electrons. The summed E-state index contributed by atoms with van der Waals surface area (Å²) in [5, 5.41) is 4.85. The number of urea groups is 1. The Morgan fingerprint density at radius 1 is 1.17 bits per heavy atom. The van der Waals surface area contributed by atoms with Gasteiger partial charge in [0.1, 0.15) is 6.54 Å². The molecule has 6 nitrogen and oxygen atoms in total. The molecule has 118 valence electrons. The van der Waals surface area contributed by atoms with Crippen LogP contribution in [0, 0.1) is 12.3 Å². The maximum absolute atomic E-state index is 12.0. The second-order valence-corrected chi connectivity index (χ2v) is 5.09. The second kappa shape index (κ2) is 6.67. The predicted octanol–water partition coefficient (Wildman–Crippen LogP) is 2.37. The number of carbonyl (C=O) groups is 2. The van der Waals surface area contributed by atoms with Gasteiger partial charge in [-0.15, -0.1) is 6.42 Å². The SMILES string of the molecule is C#Cc1cccc(NC(=O)NC(=O)Cn2cnc3ccccc32)c1. The molecule has 0 saturated heterocycles. The van der Waals surface area contributed by atoms with E-state index in [4.69, 9.17) is 6.42 Å². The number of imidazole rings is 1. The number of fused-ring (bicyclic) bond motifs is 1. The maximum Gasteiger partial charge on any atom is 0.325 e. The van der Waals surface area contributed by atoms with E-state index >= 15 is 0 Å². The number of para-hydroxylation sites is 2. The van der Waals surface area contributed by atoms with Crippen LogP contribution in [-0.4, -0.2) is 21.5 Å². The van der Waals surface area contributed by atoms with Gasteiger partial charge in [0, 0.05) is 11.3 Å². The number of rotatable bonds is 3. The summed E-state index contributed by atoms with van der Waals surface area (Å²) in [6.07, 6.45) is 6.88. The maximum atomic E-state index is 12.0. The number of hydrogen-bond donors (Lipinski definition) is 2. The summed E-state index contributed by atoms with van der Waals surface area (Å²) < 4.78 is 1.68. The standard InChI is InChI=1S/C18H14N4O2/c1-2-13-6-5-7-14(10-13)20-18(24)21-17(23)11-22-12-19-15-8-3-4-9-16(15)22/h1,3-10,12H,11H2,(H2,20,21,23,24). The lowest BCUT2D eigenvalue weighted by Gasteiger charge is -2.08. The molecule has 0 unspecified atom stereocenters. The monoisotopic (exact) mass is 318 g/mol. The van der Waals surface area contributed by atoms with Gasteiger partial charge >= 0.3 is 6.03 Å². The summed E-state index contributed by atoms with van der Waals surface area (Å²) >= 11 is 0. The third-order valence-electron chi connectivity index (χ3n) is 3.38. The van der Waals surface area contributed by atoms with Crippen molar-refractivity contribution in [1.29, 1.82) is 0 Å². The Labute approximate surface area is 138 Å². The normalized spacial score (nSPS) is 10.1. The molecule has 3 aromatic rings. The van der Waals surface area contributed by atoms with Gasteiger partial charge in [-0.25, -0.2) is 9.78 Å². The molecule has 0 aliphatic heterocycles. The topological polar surface area (TPSA) is 76.0 Å². The van der Waals surface area contributed by atoms with Gasteiger partial charge in [0.25, 0.3) is 0 Å². The molecule has 0 fully saturated rings. The Kier molecular flexibility index (Phi) is 4.25. The number of benzene rings is 2. The number of amides is 3. The van der Waals surface area contributed by atoms with Crippen molar-refractivity contribution in [2.75, 3.05) is 5.32 Å². The molecule has 0 spiro atoms. The van der Waals surface area contributed by atoms with E-state index in [2.05, 4.69) is 21.5 Å². The van der Waals surface area contributed by atoms with Crippen LogP contribution in [-0.2, 0) is 11.3 Å². The van der Waals surface area contributed by atoms with Crippen molar-refractivity contribution in [2.45, 2.75) is 6.54 Å². The fourth-order valence-corrected chi connectivity index (χ4v) is 2.31. The molecule has 6 heteroatoms. The van der Waals surface area contributed by atoms with Gasteiger partial charge in [-0.1, -0.05) is 24.1 Å². The zero-order valence-corrected chi connectivity index (χ0v) is 12.7. The second-order valence-electron chi connectivity index (χ2n) is 5.09. The highest BCUT2D eigenvalue weighted by molar-refractivity contribution is 6.01. The van der Waals surface area contributed by atoms with Gasteiger partial charge in [0.15, 0.2) is 0 Å². The van der Waals surface area contributed by atoms with E-state index in [0.29, 0.717) is 11.3 Å². The first-order valence-corrected chi connectivity index (χ1v) is 7.23. The number of imide groups is 1. The minimum Gasteiger partial charge on any atom is -0.321 e. The van der Waals surface area contributed by atoms with Crippen molar-refractivity contribution in [2.24, 2.45) is 0 Å². The lowest BCUT2D eigenvalue weighted by Crippen LogP contribution is -2.36. The minimum atomic E-state index is -0.612. The van der Waals surface area contributed by atoms with Crippen LogP contribution >= 0.6 is 0 Å². The number of terminal acetylenes is 1. The van der Waals surface area contributed by atoms with Gasteiger partial charge < -0.3 is 9.88 Å². The lowest BCUT2D eigenvalue weighted by molar-refractivity contribution is -0.120. The Morgan fingerprint density at radius 3 is 2.83 bits per heavy atom. The summed E-state index contributed by atoms with van der Waals surface area (Å²) in [6.45, 7) is -0.00166. The number of hydrogen-bond acceptors (Lipinski definition) is 3. The zero-order chi connectivity index (χ0) is 16.9. The number of nitrogens with one attached hydrogen (secondary N) is 2. The van der Waals surface area contributed by atoms with Crippen LogP contribution in [0.25, 0.3) is 11.0 Å². The van der Waals surface area contributed by atoms with Crippen LogP contribution < -0.4 is 10.6 Å². The van der Waals surface area contributed by atoms with Crippen LogP contribution in [0.15, 0.2) is 54.9 Å². The summed E-state index contributed by atoms with van der Waals surface area (Å²) in [5.74, 6) is 2.04.